The summed E-state index contributed by atoms with van der Waals surface area (Å²) in [4.78, 5) is 11.3. The molecule has 7 heteroatoms. The maximum atomic E-state index is 6.74. The van der Waals surface area contributed by atoms with E-state index in [1.165, 1.54) is 0 Å². The summed E-state index contributed by atoms with van der Waals surface area (Å²) in [5.41, 5.74) is 6.02. The summed E-state index contributed by atoms with van der Waals surface area (Å²) >= 11 is 0. The predicted octanol–water partition coefficient (Wildman–Crippen LogP) is 10.3. The van der Waals surface area contributed by atoms with Crippen LogP contribution in [0.25, 0.3) is 43.9 Å². The Morgan fingerprint density at radius 1 is 0.652 bits per heavy atom. The van der Waals surface area contributed by atoms with E-state index in [4.69, 9.17) is 18.6 Å². The molecule has 1 aliphatic heterocycles. The number of hydrogen-bond donors (Lipinski definition) is 0. The highest BCUT2D eigenvalue weighted by molar-refractivity contribution is 6.14. The first-order chi connectivity index (χ1) is 22.7. The van der Waals surface area contributed by atoms with Crippen molar-refractivity contribution in [2.75, 3.05) is 23.5 Å². The van der Waals surface area contributed by atoms with E-state index in [-0.39, 0.29) is 0 Å². The van der Waals surface area contributed by atoms with E-state index >= 15 is 0 Å². The second kappa shape index (κ2) is 10.5. The van der Waals surface area contributed by atoms with Gasteiger partial charge >= 0.3 is 0 Å². The smallest absolute Gasteiger partial charge is 0.141 e. The van der Waals surface area contributed by atoms with E-state index < -0.39 is 0 Å². The number of rotatable bonds is 6. The van der Waals surface area contributed by atoms with Gasteiger partial charge in [-0.25, -0.2) is 4.98 Å². The van der Waals surface area contributed by atoms with Crippen LogP contribution in [0.4, 0.5) is 22.9 Å². The highest BCUT2D eigenvalue weighted by atomic mass is 16.5. The standard InChI is InChI=1S/C39H28N4O3/c1-41-19-20-42(25-41)31-21-27(23-35-38(31)29-13-5-7-15-33(29)45-35)44-28-22-32(39-30-14-6-8-16-34(30)46-36(39)24-28)43(26-11-3-2-4-12-26)37-17-9-10-18-40-37/h2-24H,25H2,1H3. The van der Waals surface area contributed by atoms with Crippen molar-refractivity contribution in [3.8, 4) is 11.5 Å². The molecule has 8 aromatic rings. The van der Waals surface area contributed by atoms with Gasteiger partial charge in [0.15, 0.2) is 0 Å². The van der Waals surface area contributed by atoms with Crippen LogP contribution in [0.5, 0.6) is 11.5 Å². The number of ether oxygens (including phenoxy) is 1. The molecule has 5 aromatic carbocycles. The van der Waals surface area contributed by atoms with Gasteiger partial charge < -0.3 is 23.4 Å². The maximum absolute atomic E-state index is 6.74. The van der Waals surface area contributed by atoms with E-state index in [0.29, 0.717) is 11.5 Å². The van der Waals surface area contributed by atoms with E-state index in [1.54, 1.807) is 0 Å². The largest absolute Gasteiger partial charge is 0.457 e. The number of furan rings is 2. The Kier molecular flexibility index (Phi) is 5.96. The van der Waals surface area contributed by atoms with Gasteiger partial charge in [-0.1, -0.05) is 60.7 Å². The van der Waals surface area contributed by atoms with Gasteiger partial charge in [-0.3, -0.25) is 4.90 Å². The van der Waals surface area contributed by atoms with Crippen molar-refractivity contribution in [2.45, 2.75) is 0 Å². The first kappa shape index (κ1) is 26.2. The van der Waals surface area contributed by atoms with Gasteiger partial charge in [0.2, 0.25) is 0 Å². The van der Waals surface area contributed by atoms with Crippen molar-refractivity contribution in [3.05, 3.63) is 140 Å². The van der Waals surface area contributed by atoms with Crippen LogP contribution in [0.1, 0.15) is 0 Å². The van der Waals surface area contributed by atoms with E-state index in [1.807, 2.05) is 91.1 Å². The molecule has 0 spiro atoms. The lowest BCUT2D eigenvalue weighted by atomic mass is 10.1. The number of para-hydroxylation sites is 3. The van der Waals surface area contributed by atoms with Crippen molar-refractivity contribution in [2.24, 2.45) is 0 Å². The molecule has 46 heavy (non-hydrogen) atoms. The number of anilines is 4. The Morgan fingerprint density at radius 3 is 2.00 bits per heavy atom. The summed E-state index contributed by atoms with van der Waals surface area (Å²) in [7, 11) is 2.06. The van der Waals surface area contributed by atoms with Gasteiger partial charge in [0.25, 0.3) is 0 Å². The lowest BCUT2D eigenvalue weighted by Gasteiger charge is -2.25. The van der Waals surface area contributed by atoms with Crippen LogP contribution < -0.4 is 14.5 Å². The molecule has 0 unspecified atom stereocenters. The predicted molar refractivity (Wildman–Crippen MR) is 184 cm³/mol. The molecular weight excluding hydrogens is 572 g/mol. The number of pyridine rings is 1. The molecule has 0 amide bonds. The second-order valence-electron chi connectivity index (χ2n) is 11.5. The van der Waals surface area contributed by atoms with Crippen molar-refractivity contribution >= 4 is 66.8 Å². The number of hydrogen-bond acceptors (Lipinski definition) is 7. The lowest BCUT2D eigenvalue weighted by Crippen LogP contribution is -2.21. The van der Waals surface area contributed by atoms with Crippen LogP contribution in [0, 0.1) is 0 Å². The van der Waals surface area contributed by atoms with Gasteiger partial charge in [-0.05, 0) is 36.4 Å². The Bertz CT molecular complexity index is 2370. The molecule has 0 N–H and O–H groups in total. The van der Waals surface area contributed by atoms with Crippen molar-refractivity contribution < 1.29 is 13.6 Å². The second-order valence-corrected chi connectivity index (χ2v) is 11.5. The zero-order valence-corrected chi connectivity index (χ0v) is 25.0. The van der Waals surface area contributed by atoms with Gasteiger partial charge in [0.1, 0.15) is 39.6 Å². The molecule has 0 bridgehead atoms. The van der Waals surface area contributed by atoms with Gasteiger partial charge in [-0.15, -0.1) is 0 Å². The zero-order valence-electron chi connectivity index (χ0n) is 25.0. The Balaban J connectivity index is 1.25. The summed E-state index contributed by atoms with van der Waals surface area (Å²) < 4.78 is 19.6. The van der Waals surface area contributed by atoms with Crippen LogP contribution in [0.15, 0.2) is 149 Å². The Labute approximate surface area is 264 Å². The minimum atomic E-state index is 0.633. The van der Waals surface area contributed by atoms with Crippen LogP contribution in [0.3, 0.4) is 0 Å². The SMILES string of the molecule is CN1C=CN(c2cc(Oc3cc(N(c4ccccc4)c4ccccn4)c4c(c3)oc3ccccc34)cc3oc4ccccc4c23)C1. The molecule has 222 valence electrons. The molecule has 0 aliphatic carbocycles. The van der Waals surface area contributed by atoms with E-state index in [0.717, 1.165) is 73.4 Å². The number of nitrogens with zero attached hydrogens (tertiary/aromatic N) is 4. The fourth-order valence-corrected chi connectivity index (χ4v) is 6.42. The molecule has 9 rings (SSSR count). The number of fused-ring (bicyclic) bond motifs is 6. The highest BCUT2D eigenvalue weighted by Crippen LogP contribution is 2.46. The lowest BCUT2D eigenvalue weighted by molar-refractivity contribution is 0.480. The molecule has 0 radical (unpaired) electrons. The quantitative estimate of drug-likeness (QED) is 0.188. The van der Waals surface area contributed by atoms with Crippen LogP contribution in [-0.4, -0.2) is 23.6 Å². The summed E-state index contributed by atoms with van der Waals surface area (Å²) in [5, 5.41) is 4.13. The third-order valence-electron chi connectivity index (χ3n) is 8.42. The van der Waals surface area contributed by atoms with Crippen molar-refractivity contribution in [1.82, 2.24) is 9.88 Å². The average molecular weight is 601 g/mol. The van der Waals surface area contributed by atoms with Gasteiger partial charge in [0.05, 0.1) is 28.8 Å². The Morgan fingerprint density at radius 2 is 1.30 bits per heavy atom. The number of benzene rings is 5. The first-order valence-corrected chi connectivity index (χ1v) is 15.2. The average Bonchev–Trinajstić information content (AvgIpc) is 3.80. The van der Waals surface area contributed by atoms with Gasteiger partial charge in [0, 0.05) is 66.4 Å². The van der Waals surface area contributed by atoms with Crippen molar-refractivity contribution in [3.63, 3.8) is 0 Å². The van der Waals surface area contributed by atoms with Crippen molar-refractivity contribution in [1.29, 1.82) is 0 Å². The van der Waals surface area contributed by atoms with Gasteiger partial charge in [-0.2, -0.15) is 0 Å². The molecule has 0 atom stereocenters. The van der Waals surface area contributed by atoms with E-state index in [9.17, 15) is 0 Å². The van der Waals surface area contributed by atoms with Crippen LogP contribution >= 0.6 is 0 Å². The monoisotopic (exact) mass is 600 g/mol. The Hall–Kier alpha value is -6.21. The van der Waals surface area contributed by atoms with E-state index in [2.05, 4.69) is 70.5 Å². The molecule has 0 saturated carbocycles. The molecule has 0 fully saturated rings. The molecule has 7 nitrogen and oxygen atoms in total. The number of aromatic nitrogens is 1. The minimum Gasteiger partial charge on any atom is -0.457 e. The molecule has 3 aromatic heterocycles. The van der Waals surface area contributed by atoms with Crippen LogP contribution in [0.2, 0.25) is 0 Å². The maximum Gasteiger partial charge on any atom is 0.141 e. The third-order valence-corrected chi connectivity index (χ3v) is 8.42. The molecule has 0 saturated heterocycles. The summed E-state index contributed by atoms with van der Waals surface area (Å²) in [6.07, 6.45) is 5.97. The van der Waals surface area contributed by atoms with Crippen LogP contribution in [-0.2, 0) is 0 Å². The third kappa shape index (κ3) is 4.32. The highest BCUT2D eigenvalue weighted by Gasteiger charge is 2.23. The normalized spacial score (nSPS) is 13.1. The fraction of sp³-hybridized carbons (Fsp3) is 0.0513. The molecule has 4 heterocycles. The summed E-state index contributed by atoms with van der Waals surface area (Å²) in [5.74, 6) is 2.08. The molecular formula is C39H28N4O3. The summed E-state index contributed by atoms with van der Waals surface area (Å²) in [6, 6.07) is 40.5. The summed E-state index contributed by atoms with van der Waals surface area (Å²) in [6.45, 7) is 0.725. The fourth-order valence-electron chi connectivity index (χ4n) is 6.42. The zero-order chi connectivity index (χ0) is 30.6. The topological polar surface area (TPSA) is 58.1 Å². The minimum absolute atomic E-state index is 0.633. The molecule has 1 aliphatic rings. The first-order valence-electron chi connectivity index (χ1n) is 15.2.